The molecule has 1 amide bonds. The van der Waals surface area contributed by atoms with Crippen molar-refractivity contribution in [1.82, 2.24) is 10.6 Å². The van der Waals surface area contributed by atoms with Crippen molar-refractivity contribution in [2.24, 2.45) is 0 Å². The molecule has 20 heavy (non-hydrogen) atoms. The Balaban J connectivity index is 1.42. The Morgan fingerprint density at radius 1 is 1.05 bits per heavy atom. The minimum Gasteiger partial charge on any atom is -0.465 e. The quantitative estimate of drug-likeness (QED) is 0.791. The van der Waals surface area contributed by atoms with Crippen molar-refractivity contribution in [2.75, 3.05) is 0 Å². The number of carbonyl (C=O) groups is 1. The minimum atomic E-state index is -0.896. The van der Waals surface area contributed by atoms with E-state index in [-0.39, 0.29) is 6.04 Å². The number of hydrogen-bond acceptors (Lipinski definition) is 2. The molecule has 1 aromatic carbocycles. The van der Waals surface area contributed by atoms with E-state index in [9.17, 15) is 4.79 Å². The number of hydrogen-bond donors (Lipinski definition) is 3. The molecule has 4 nitrogen and oxygen atoms in total. The lowest BCUT2D eigenvalue weighted by molar-refractivity contribution is 0.183. The zero-order valence-corrected chi connectivity index (χ0v) is 11.6. The zero-order valence-electron chi connectivity index (χ0n) is 11.6. The lowest BCUT2D eigenvalue weighted by Gasteiger charge is -2.29. The highest BCUT2D eigenvalue weighted by Gasteiger charge is 2.39. The molecule has 3 rings (SSSR count). The predicted molar refractivity (Wildman–Crippen MR) is 77.9 cm³/mol. The number of nitrogens with one attached hydrogen (secondary N) is 2. The minimum absolute atomic E-state index is 0.148. The summed E-state index contributed by atoms with van der Waals surface area (Å²) < 4.78 is 0. The van der Waals surface area contributed by atoms with Crippen molar-refractivity contribution in [3.8, 4) is 0 Å². The van der Waals surface area contributed by atoms with Gasteiger partial charge in [0, 0.05) is 24.0 Å². The van der Waals surface area contributed by atoms with Crippen molar-refractivity contribution in [3.05, 3.63) is 35.9 Å². The molecule has 0 spiro atoms. The highest BCUT2D eigenvalue weighted by Crippen LogP contribution is 2.41. The van der Waals surface area contributed by atoms with Gasteiger partial charge in [-0.15, -0.1) is 0 Å². The van der Waals surface area contributed by atoms with Crippen LogP contribution < -0.4 is 10.6 Å². The maximum Gasteiger partial charge on any atom is 0.404 e. The van der Waals surface area contributed by atoms with Crippen LogP contribution in [0.5, 0.6) is 0 Å². The second-order valence-corrected chi connectivity index (χ2v) is 6.02. The van der Waals surface area contributed by atoms with Crippen LogP contribution in [0.3, 0.4) is 0 Å². The SMILES string of the molecule is O=C(O)N[C@H]1CC[C@H](N[C@@H]2C[C@H]2c2ccccc2)CC1. The first kappa shape index (κ1) is 13.4. The molecule has 4 heteroatoms. The summed E-state index contributed by atoms with van der Waals surface area (Å²) in [6.07, 6.45) is 4.38. The van der Waals surface area contributed by atoms with Crippen molar-refractivity contribution in [1.29, 1.82) is 0 Å². The van der Waals surface area contributed by atoms with Gasteiger partial charge >= 0.3 is 6.09 Å². The molecule has 2 atom stereocenters. The second kappa shape index (κ2) is 5.83. The van der Waals surface area contributed by atoms with Gasteiger partial charge in [0.2, 0.25) is 0 Å². The van der Waals surface area contributed by atoms with Crippen LogP contribution in [0.4, 0.5) is 4.79 Å². The summed E-state index contributed by atoms with van der Waals surface area (Å²) in [6, 6.07) is 12.0. The van der Waals surface area contributed by atoms with Crippen molar-refractivity contribution in [3.63, 3.8) is 0 Å². The van der Waals surface area contributed by atoms with Gasteiger partial charge in [-0.25, -0.2) is 4.79 Å². The van der Waals surface area contributed by atoms with Crippen molar-refractivity contribution in [2.45, 2.75) is 56.1 Å². The summed E-state index contributed by atoms with van der Waals surface area (Å²) in [6.45, 7) is 0. The van der Waals surface area contributed by atoms with E-state index >= 15 is 0 Å². The summed E-state index contributed by atoms with van der Waals surface area (Å²) in [5, 5.41) is 15.1. The largest absolute Gasteiger partial charge is 0.465 e. The average molecular weight is 274 g/mol. The van der Waals surface area contributed by atoms with Gasteiger partial charge in [0.15, 0.2) is 0 Å². The average Bonchev–Trinajstić information content (AvgIpc) is 3.21. The van der Waals surface area contributed by atoms with E-state index in [1.165, 1.54) is 12.0 Å². The third-order valence-corrected chi connectivity index (χ3v) is 4.52. The molecule has 3 N–H and O–H groups in total. The Kier molecular flexibility index (Phi) is 3.92. The maximum atomic E-state index is 10.6. The number of amides is 1. The first-order valence-electron chi connectivity index (χ1n) is 7.53. The molecule has 0 aromatic heterocycles. The van der Waals surface area contributed by atoms with E-state index in [1.807, 2.05) is 0 Å². The molecule has 2 aliphatic carbocycles. The van der Waals surface area contributed by atoms with Crippen LogP contribution in [-0.2, 0) is 0 Å². The van der Waals surface area contributed by atoms with Crippen molar-refractivity contribution >= 4 is 6.09 Å². The fourth-order valence-electron chi connectivity index (χ4n) is 3.33. The van der Waals surface area contributed by atoms with Gasteiger partial charge in [0.1, 0.15) is 0 Å². The molecule has 0 heterocycles. The van der Waals surface area contributed by atoms with Crippen LogP contribution in [0.25, 0.3) is 0 Å². The lowest BCUT2D eigenvalue weighted by Crippen LogP contribution is -2.42. The molecule has 2 fully saturated rings. The first-order chi connectivity index (χ1) is 9.72. The predicted octanol–water partition coefficient (Wildman–Crippen LogP) is 2.71. The van der Waals surface area contributed by atoms with Crippen LogP contribution in [-0.4, -0.2) is 29.3 Å². The molecule has 0 bridgehead atoms. The van der Waals surface area contributed by atoms with E-state index < -0.39 is 6.09 Å². The molecule has 108 valence electrons. The van der Waals surface area contributed by atoms with Crippen LogP contribution in [0.1, 0.15) is 43.6 Å². The summed E-state index contributed by atoms with van der Waals surface area (Å²) in [4.78, 5) is 10.6. The topological polar surface area (TPSA) is 61.4 Å². The Bertz CT molecular complexity index is 455. The van der Waals surface area contributed by atoms with Crippen LogP contribution in [0.2, 0.25) is 0 Å². The van der Waals surface area contributed by atoms with Crippen LogP contribution >= 0.6 is 0 Å². The Labute approximate surface area is 119 Å². The molecule has 0 saturated heterocycles. The Morgan fingerprint density at radius 3 is 2.35 bits per heavy atom. The number of carboxylic acid groups (broad SMARTS) is 1. The Morgan fingerprint density at radius 2 is 1.70 bits per heavy atom. The molecule has 0 unspecified atom stereocenters. The summed E-state index contributed by atoms with van der Waals surface area (Å²) >= 11 is 0. The molecule has 1 aromatic rings. The van der Waals surface area contributed by atoms with Crippen LogP contribution in [0.15, 0.2) is 30.3 Å². The molecule has 0 aliphatic heterocycles. The van der Waals surface area contributed by atoms with E-state index in [1.54, 1.807) is 0 Å². The van der Waals surface area contributed by atoms with E-state index in [0.717, 1.165) is 25.7 Å². The smallest absolute Gasteiger partial charge is 0.404 e. The highest BCUT2D eigenvalue weighted by molar-refractivity contribution is 5.64. The maximum absolute atomic E-state index is 10.6. The third kappa shape index (κ3) is 3.31. The van der Waals surface area contributed by atoms with E-state index in [2.05, 4.69) is 41.0 Å². The van der Waals surface area contributed by atoms with Gasteiger partial charge in [0.25, 0.3) is 0 Å². The fourth-order valence-corrected chi connectivity index (χ4v) is 3.33. The first-order valence-corrected chi connectivity index (χ1v) is 7.53. The summed E-state index contributed by atoms with van der Waals surface area (Å²) in [5.41, 5.74) is 1.44. The van der Waals surface area contributed by atoms with E-state index in [4.69, 9.17) is 5.11 Å². The normalized spacial score (nSPS) is 32.6. The van der Waals surface area contributed by atoms with Crippen molar-refractivity contribution < 1.29 is 9.90 Å². The summed E-state index contributed by atoms with van der Waals surface area (Å²) in [5.74, 6) is 0.672. The lowest BCUT2D eigenvalue weighted by atomic mass is 9.91. The molecule has 2 saturated carbocycles. The highest BCUT2D eigenvalue weighted by atomic mass is 16.4. The molecular formula is C16H22N2O2. The fraction of sp³-hybridized carbons (Fsp3) is 0.562. The van der Waals surface area contributed by atoms with Gasteiger partial charge in [-0.2, -0.15) is 0 Å². The molecular weight excluding hydrogens is 252 g/mol. The van der Waals surface area contributed by atoms with Gasteiger partial charge in [-0.1, -0.05) is 30.3 Å². The number of benzene rings is 1. The van der Waals surface area contributed by atoms with Gasteiger partial charge in [-0.05, 0) is 37.7 Å². The summed E-state index contributed by atoms with van der Waals surface area (Å²) in [7, 11) is 0. The zero-order chi connectivity index (χ0) is 13.9. The Hall–Kier alpha value is -1.55. The van der Waals surface area contributed by atoms with Gasteiger partial charge < -0.3 is 15.7 Å². The monoisotopic (exact) mass is 274 g/mol. The molecule has 0 radical (unpaired) electrons. The second-order valence-electron chi connectivity index (χ2n) is 6.02. The van der Waals surface area contributed by atoms with Gasteiger partial charge in [-0.3, -0.25) is 0 Å². The molecule has 2 aliphatic rings. The standard InChI is InChI=1S/C16H22N2O2/c19-16(20)18-13-8-6-12(7-9-13)17-15-10-14(15)11-4-2-1-3-5-11/h1-5,12-15,17-18H,6-10H2,(H,19,20)/t12-,13-,14-,15+/m0/s1. The van der Waals surface area contributed by atoms with Crippen LogP contribution in [0, 0.1) is 0 Å². The number of rotatable bonds is 4. The van der Waals surface area contributed by atoms with Gasteiger partial charge in [0.05, 0.1) is 0 Å². The third-order valence-electron chi connectivity index (χ3n) is 4.52. The van der Waals surface area contributed by atoms with E-state index in [0.29, 0.717) is 18.0 Å².